The van der Waals surface area contributed by atoms with Crippen LogP contribution in [0.4, 0.5) is 0 Å². The molecule has 1 saturated heterocycles. The van der Waals surface area contributed by atoms with Gasteiger partial charge in [-0.3, -0.25) is 9.59 Å². The van der Waals surface area contributed by atoms with Crippen LogP contribution in [0.5, 0.6) is 5.75 Å². The van der Waals surface area contributed by atoms with E-state index in [0.717, 1.165) is 48.3 Å². The molecule has 4 atom stereocenters. The van der Waals surface area contributed by atoms with Gasteiger partial charge in [0.05, 0.1) is 12.0 Å². The standard InChI is InChI=1S/C28H34N2O3S/c1-19(13-14-20-9-5-4-6-10-20)29-27(31)22-15-16-25-23(17-22)30(2)28(32)26(34-25)18-21-11-7-8-12-24(21)33-3/h4-12,18-19,22-23,25H,13-17H2,1-3H3,(H,29,31)/b26-18+. The predicted molar refractivity (Wildman–Crippen MR) is 139 cm³/mol. The Morgan fingerprint density at radius 2 is 1.91 bits per heavy atom. The molecular formula is C28H34N2O3S. The number of likely N-dealkylation sites (N-methyl/N-ethyl adjacent to an activating group) is 1. The van der Waals surface area contributed by atoms with Gasteiger partial charge in [-0.25, -0.2) is 0 Å². The fourth-order valence-electron chi connectivity index (χ4n) is 4.92. The van der Waals surface area contributed by atoms with Crippen LogP contribution in [0.3, 0.4) is 0 Å². The number of rotatable bonds is 7. The summed E-state index contributed by atoms with van der Waals surface area (Å²) < 4.78 is 5.45. The van der Waals surface area contributed by atoms with E-state index in [-0.39, 0.29) is 29.8 Å². The smallest absolute Gasteiger partial charge is 0.260 e. The largest absolute Gasteiger partial charge is 0.496 e. The van der Waals surface area contributed by atoms with Crippen molar-refractivity contribution in [2.75, 3.05) is 14.2 Å². The molecule has 2 aromatic carbocycles. The molecule has 2 fully saturated rings. The third-order valence-electron chi connectivity index (χ3n) is 6.96. The topological polar surface area (TPSA) is 58.6 Å². The quantitative estimate of drug-likeness (QED) is 0.574. The Bertz CT molecular complexity index is 1040. The minimum absolute atomic E-state index is 0.0226. The molecule has 0 spiro atoms. The Balaban J connectivity index is 1.35. The van der Waals surface area contributed by atoms with Crippen molar-refractivity contribution in [1.82, 2.24) is 10.2 Å². The van der Waals surface area contributed by atoms with Gasteiger partial charge in [0.1, 0.15) is 5.75 Å². The van der Waals surface area contributed by atoms with Crippen LogP contribution < -0.4 is 10.1 Å². The maximum Gasteiger partial charge on any atom is 0.260 e. The van der Waals surface area contributed by atoms with Gasteiger partial charge < -0.3 is 15.0 Å². The molecule has 2 aromatic rings. The highest BCUT2D eigenvalue weighted by atomic mass is 32.2. The third-order valence-corrected chi connectivity index (χ3v) is 8.35. The Kier molecular flexibility index (Phi) is 7.99. The van der Waals surface area contributed by atoms with Crippen molar-refractivity contribution in [3.8, 4) is 5.75 Å². The number of hydrogen-bond donors (Lipinski definition) is 1. The number of para-hydroxylation sites is 1. The van der Waals surface area contributed by atoms with Crippen LogP contribution in [0.2, 0.25) is 0 Å². The Morgan fingerprint density at radius 1 is 1.18 bits per heavy atom. The van der Waals surface area contributed by atoms with E-state index in [0.29, 0.717) is 5.25 Å². The van der Waals surface area contributed by atoms with Crippen LogP contribution in [-0.2, 0) is 16.0 Å². The number of amides is 2. The summed E-state index contributed by atoms with van der Waals surface area (Å²) in [7, 11) is 3.52. The molecule has 1 saturated carbocycles. The van der Waals surface area contributed by atoms with Crippen LogP contribution in [-0.4, -0.2) is 48.2 Å². The molecule has 0 radical (unpaired) electrons. The summed E-state index contributed by atoms with van der Waals surface area (Å²) in [5.41, 5.74) is 2.20. The first-order valence-electron chi connectivity index (χ1n) is 12.1. The van der Waals surface area contributed by atoms with E-state index in [2.05, 4.69) is 24.4 Å². The lowest BCUT2D eigenvalue weighted by molar-refractivity contribution is -0.132. The Hall–Kier alpha value is -2.73. The normalized spacial score (nSPS) is 24.4. The fraction of sp³-hybridized carbons (Fsp3) is 0.429. The van der Waals surface area contributed by atoms with Crippen LogP contribution in [0, 0.1) is 5.92 Å². The summed E-state index contributed by atoms with van der Waals surface area (Å²) in [4.78, 5) is 28.8. The number of carbonyl (C=O) groups is 2. The van der Waals surface area contributed by atoms with Crippen molar-refractivity contribution < 1.29 is 14.3 Å². The van der Waals surface area contributed by atoms with Gasteiger partial charge in [0, 0.05) is 35.9 Å². The zero-order valence-corrected chi connectivity index (χ0v) is 21.0. The molecule has 1 heterocycles. The van der Waals surface area contributed by atoms with E-state index in [1.807, 2.05) is 60.5 Å². The second-order valence-electron chi connectivity index (χ2n) is 9.33. The van der Waals surface area contributed by atoms with Gasteiger partial charge in [0.2, 0.25) is 5.91 Å². The van der Waals surface area contributed by atoms with Gasteiger partial charge in [-0.15, -0.1) is 11.8 Å². The highest BCUT2D eigenvalue weighted by Crippen LogP contribution is 2.43. The first kappa shape index (κ1) is 24.4. The van der Waals surface area contributed by atoms with Crippen molar-refractivity contribution >= 4 is 29.7 Å². The monoisotopic (exact) mass is 478 g/mol. The summed E-state index contributed by atoms with van der Waals surface area (Å²) in [6, 6.07) is 18.3. The van der Waals surface area contributed by atoms with Gasteiger partial charge in [-0.2, -0.15) is 0 Å². The van der Waals surface area contributed by atoms with Crippen molar-refractivity contribution in [2.45, 2.75) is 56.4 Å². The highest BCUT2D eigenvalue weighted by molar-refractivity contribution is 8.04. The molecular weight excluding hydrogens is 444 g/mol. The highest BCUT2D eigenvalue weighted by Gasteiger charge is 2.43. The molecule has 0 aromatic heterocycles. The van der Waals surface area contributed by atoms with Crippen molar-refractivity contribution in [2.24, 2.45) is 5.92 Å². The number of carbonyl (C=O) groups excluding carboxylic acids is 2. The number of thioether (sulfide) groups is 1. The van der Waals surface area contributed by atoms with Gasteiger partial charge in [-0.1, -0.05) is 48.5 Å². The summed E-state index contributed by atoms with van der Waals surface area (Å²) in [6.07, 6.45) is 6.31. The van der Waals surface area contributed by atoms with Gasteiger partial charge in [0.25, 0.3) is 5.91 Å². The summed E-state index contributed by atoms with van der Waals surface area (Å²) >= 11 is 1.66. The van der Waals surface area contributed by atoms with Gasteiger partial charge in [0.15, 0.2) is 0 Å². The van der Waals surface area contributed by atoms with E-state index in [1.54, 1.807) is 18.9 Å². The Morgan fingerprint density at radius 3 is 2.68 bits per heavy atom. The van der Waals surface area contributed by atoms with Crippen LogP contribution in [0.15, 0.2) is 59.5 Å². The summed E-state index contributed by atoms with van der Waals surface area (Å²) in [5, 5.41) is 3.53. The number of aryl methyl sites for hydroxylation is 1. The van der Waals surface area contributed by atoms with Crippen LogP contribution in [0.25, 0.3) is 6.08 Å². The number of methoxy groups -OCH3 is 1. The Labute approximate surface area is 206 Å². The summed E-state index contributed by atoms with van der Waals surface area (Å²) in [6.45, 7) is 2.08. The van der Waals surface area contributed by atoms with Gasteiger partial charge in [-0.05, 0) is 56.7 Å². The molecule has 1 N–H and O–H groups in total. The predicted octanol–water partition coefficient (Wildman–Crippen LogP) is 4.92. The van der Waals surface area contributed by atoms with E-state index in [9.17, 15) is 9.59 Å². The van der Waals surface area contributed by atoms with Crippen molar-refractivity contribution in [1.29, 1.82) is 0 Å². The number of benzene rings is 2. The average Bonchev–Trinajstić information content (AvgIpc) is 2.86. The third kappa shape index (κ3) is 5.66. The number of nitrogens with one attached hydrogen (secondary N) is 1. The number of hydrogen-bond acceptors (Lipinski definition) is 4. The van der Waals surface area contributed by atoms with Crippen molar-refractivity contribution in [3.63, 3.8) is 0 Å². The maximum absolute atomic E-state index is 13.2. The van der Waals surface area contributed by atoms with E-state index >= 15 is 0 Å². The average molecular weight is 479 g/mol. The number of nitrogens with zero attached hydrogens (tertiary/aromatic N) is 1. The molecule has 5 nitrogen and oxygen atoms in total. The van der Waals surface area contributed by atoms with E-state index < -0.39 is 0 Å². The van der Waals surface area contributed by atoms with E-state index in [4.69, 9.17) is 4.74 Å². The molecule has 1 aliphatic heterocycles. The maximum atomic E-state index is 13.2. The minimum Gasteiger partial charge on any atom is -0.496 e. The molecule has 4 unspecified atom stereocenters. The lowest BCUT2D eigenvalue weighted by Gasteiger charge is -2.44. The van der Waals surface area contributed by atoms with Crippen LogP contribution >= 0.6 is 11.8 Å². The summed E-state index contributed by atoms with van der Waals surface area (Å²) in [5.74, 6) is 0.862. The lowest BCUT2D eigenvalue weighted by atomic mass is 9.83. The molecule has 4 rings (SSSR count). The zero-order chi connectivity index (χ0) is 24.1. The molecule has 0 bridgehead atoms. The second-order valence-corrected chi connectivity index (χ2v) is 10.6. The number of ether oxygens (including phenoxy) is 1. The first-order chi connectivity index (χ1) is 16.5. The second kappa shape index (κ2) is 11.1. The van der Waals surface area contributed by atoms with E-state index in [1.165, 1.54) is 5.56 Å². The molecule has 1 aliphatic carbocycles. The lowest BCUT2D eigenvalue weighted by Crippen LogP contribution is -2.52. The van der Waals surface area contributed by atoms with Crippen LogP contribution in [0.1, 0.15) is 43.7 Å². The molecule has 2 amide bonds. The molecule has 2 aliphatic rings. The fourth-order valence-corrected chi connectivity index (χ4v) is 6.39. The SMILES string of the molecule is COc1ccccc1/C=C1/SC2CCC(C(=O)NC(C)CCc3ccccc3)CC2N(C)C1=O. The first-order valence-corrected chi connectivity index (χ1v) is 13.0. The van der Waals surface area contributed by atoms with Gasteiger partial charge >= 0.3 is 0 Å². The molecule has 6 heteroatoms. The molecule has 180 valence electrons. The van der Waals surface area contributed by atoms with Crippen molar-refractivity contribution in [3.05, 3.63) is 70.6 Å². The minimum atomic E-state index is -0.0453. The molecule has 34 heavy (non-hydrogen) atoms. The zero-order valence-electron chi connectivity index (χ0n) is 20.2. The number of fused-ring (bicyclic) bond motifs is 1.